The Morgan fingerprint density at radius 3 is 2.08 bits per heavy atom. The molecule has 0 aliphatic carbocycles. The monoisotopic (exact) mass is 326 g/mol. The smallest absolute Gasteiger partial charge is 0.0964 e. The Bertz CT molecular complexity index is 302. The lowest BCUT2D eigenvalue weighted by molar-refractivity contribution is 1.43. The van der Waals surface area contributed by atoms with Gasteiger partial charge in [0.25, 0.3) is 0 Å². The van der Waals surface area contributed by atoms with Crippen LogP contribution in [0.15, 0.2) is 32.1 Å². The van der Waals surface area contributed by atoms with Crippen LogP contribution in [-0.4, -0.2) is 5.84 Å². The van der Waals surface area contributed by atoms with Gasteiger partial charge in [-0.3, -0.25) is 0 Å². The maximum absolute atomic E-state index is 5.44. The number of rotatable bonds is 1. The van der Waals surface area contributed by atoms with Gasteiger partial charge < -0.3 is 5.73 Å². The highest BCUT2D eigenvalue weighted by atomic mass is 79.9. The van der Waals surface area contributed by atoms with E-state index in [2.05, 4.69) is 36.9 Å². The Labute approximate surface area is 100 Å². The minimum absolute atomic E-state index is 0. The number of halogens is 3. The zero-order chi connectivity index (χ0) is 9.14. The van der Waals surface area contributed by atoms with E-state index in [0.29, 0.717) is 5.84 Å². The molecule has 5 heteroatoms. The van der Waals surface area contributed by atoms with Crippen LogP contribution < -0.4 is 5.73 Å². The van der Waals surface area contributed by atoms with Crippen molar-refractivity contribution in [3.63, 3.8) is 0 Å². The zero-order valence-electron chi connectivity index (χ0n) is 6.92. The van der Waals surface area contributed by atoms with E-state index in [1.165, 1.54) is 0 Å². The lowest BCUT2D eigenvalue weighted by Crippen LogP contribution is -2.03. The molecule has 2 N–H and O–H groups in total. The Morgan fingerprint density at radius 1 is 1.23 bits per heavy atom. The van der Waals surface area contributed by atoms with Gasteiger partial charge in [-0.1, -0.05) is 31.9 Å². The predicted octanol–water partition coefficient (Wildman–Crippen LogP) is 3.64. The molecule has 0 spiro atoms. The summed E-state index contributed by atoms with van der Waals surface area (Å²) in [4.78, 5) is 4.12. The third-order valence-corrected chi connectivity index (χ3v) is 2.07. The number of amidine groups is 1. The van der Waals surface area contributed by atoms with Crippen LogP contribution in [0.5, 0.6) is 0 Å². The normalized spacial score (nSPS) is 10.8. The second-order valence-electron chi connectivity index (χ2n) is 2.38. The average Bonchev–Trinajstić information content (AvgIpc) is 1.81. The fraction of sp³-hybridized carbons (Fsp3) is 0.125. The minimum atomic E-state index is 0. The molecule has 0 unspecified atom stereocenters. The Kier molecular flexibility index (Phi) is 5.60. The SMILES string of the molecule is CC(N)=Nc1cc(Br)cc(Br)c1.Cl. The fourth-order valence-corrected chi connectivity index (χ4v) is 2.08. The fourth-order valence-electron chi connectivity index (χ4n) is 0.807. The van der Waals surface area contributed by atoms with Crippen molar-refractivity contribution in [2.45, 2.75) is 6.92 Å². The number of hydrogen-bond donors (Lipinski definition) is 1. The van der Waals surface area contributed by atoms with Crippen molar-refractivity contribution in [2.24, 2.45) is 10.7 Å². The average molecular weight is 328 g/mol. The van der Waals surface area contributed by atoms with Crippen molar-refractivity contribution < 1.29 is 0 Å². The lowest BCUT2D eigenvalue weighted by atomic mass is 10.3. The Balaban J connectivity index is 0.00000144. The molecule has 72 valence electrons. The van der Waals surface area contributed by atoms with E-state index < -0.39 is 0 Å². The van der Waals surface area contributed by atoms with Crippen molar-refractivity contribution in [3.05, 3.63) is 27.1 Å². The molecular weight excluding hydrogens is 319 g/mol. The summed E-state index contributed by atoms with van der Waals surface area (Å²) in [5, 5.41) is 0. The highest BCUT2D eigenvalue weighted by molar-refractivity contribution is 9.11. The molecule has 1 aromatic rings. The minimum Gasteiger partial charge on any atom is -0.387 e. The van der Waals surface area contributed by atoms with E-state index >= 15 is 0 Å². The van der Waals surface area contributed by atoms with Gasteiger partial charge in [0, 0.05) is 8.95 Å². The molecule has 0 aromatic heterocycles. The summed E-state index contributed by atoms with van der Waals surface area (Å²) in [6, 6.07) is 5.76. The molecule has 0 amide bonds. The largest absolute Gasteiger partial charge is 0.387 e. The van der Waals surface area contributed by atoms with Crippen LogP contribution in [0, 0.1) is 0 Å². The molecule has 1 rings (SSSR count). The molecule has 0 fully saturated rings. The first-order chi connectivity index (χ1) is 5.58. The van der Waals surface area contributed by atoms with Gasteiger partial charge in [0.1, 0.15) is 0 Å². The second kappa shape index (κ2) is 5.62. The standard InChI is InChI=1S/C8H8Br2N2.ClH/c1-5(11)12-8-3-6(9)2-7(10)4-8;/h2-4H,1H3,(H2,11,12);1H. The third-order valence-electron chi connectivity index (χ3n) is 1.15. The molecule has 0 saturated heterocycles. The van der Waals surface area contributed by atoms with Crippen LogP contribution in [0.1, 0.15) is 6.92 Å². The molecular formula is C8H9Br2ClN2. The zero-order valence-corrected chi connectivity index (χ0v) is 10.9. The molecule has 2 nitrogen and oxygen atoms in total. The second-order valence-corrected chi connectivity index (χ2v) is 4.21. The molecule has 13 heavy (non-hydrogen) atoms. The van der Waals surface area contributed by atoms with Crippen LogP contribution in [-0.2, 0) is 0 Å². The Hall–Kier alpha value is -0.0600. The molecule has 1 aromatic carbocycles. The first kappa shape index (κ1) is 12.9. The van der Waals surface area contributed by atoms with Crippen molar-refractivity contribution in [2.75, 3.05) is 0 Å². The van der Waals surface area contributed by atoms with E-state index in [-0.39, 0.29) is 12.4 Å². The molecule has 0 aliphatic rings. The van der Waals surface area contributed by atoms with Gasteiger partial charge in [-0.25, -0.2) is 4.99 Å². The van der Waals surface area contributed by atoms with Gasteiger partial charge in [0.15, 0.2) is 0 Å². The van der Waals surface area contributed by atoms with Crippen LogP contribution in [0.2, 0.25) is 0 Å². The quantitative estimate of drug-likeness (QED) is 0.620. The molecule has 0 heterocycles. The van der Waals surface area contributed by atoms with Crippen LogP contribution in [0.4, 0.5) is 5.69 Å². The molecule has 0 bridgehead atoms. The number of hydrogen-bond acceptors (Lipinski definition) is 1. The first-order valence-electron chi connectivity index (χ1n) is 3.35. The van der Waals surface area contributed by atoms with Gasteiger partial charge in [-0.2, -0.15) is 0 Å². The van der Waals surface area contributed by atoms with Gasteiger partial charge in [-0.05, 0) is 25.1 Å². The summed E-state index contributed by atoms with van der Waals surface area (Å²) in [7, 11) is 0. The first-order valence-corrected chi connectivity index (χ1v) is 4.93. The van der Waals surface area contributed by atoms with E-state index in [1.54, 1.807) is 6.92 Å². The number of aliphatic imine (C=N–C) groups is 1. The van der Waals surface area contributed by atoms with Crippen LogP contribution in [0.3, 0.4) is 0 Å². The van der Waals surface area contributed by atoms with Crippen molar-refractivity contribution >= 4 is 55.8 Å². The summed E-state index contributed by atoms with van der Waals surface area (Å²) in [5.41, 5.74) is 6.29. The summed E-state index contributed by atoms with van der Waals surface area (Å²) in [6.07, 6.45) is 0. The van der Waals surface area contributed by atoms with E-state index in [9.17, 15) is 0 Å². The number of nitrogens with zero attached hydrogens (tertiary/aromatic N) is 1. The van der Waals surface area contributed by atoms with E-state index in [4.69, 9.17) is 5.73 Å². The maximum Gasteiger partial charge on any atom is 0.0964 e. The summed E-state index contributed by atoms with van der Waals surface area (Å²) in [5.74, 6) is 0.556. The highest BCUT2D eigenvalue weighted by Gasteiger charge is 1.95. The maximum atomic E-state index is 5.44. The molecule has 0 saturated carbocycles. The van der Waals surface area contributed by atoms with E-state index in [1.807, 2.05) is 18.2 Å². The summed E-state index contributed by atoms with van der Waals surface area (Å²) < 4.78 is 1.97. The van der Waals surface area contributed by atoms with Gasteiger partial charge >= 0.3 is 0 Å². The van der Waals surface area contributed by atoms with Crippen molar-refractivity contribution in [3.8, 4) is 0 Å². The molecule has 0 atom stereocenters. The van der Waals surface area contributed by atoms with Crippen LogP contribution >= 0.6 is 44.3 Å². The summed E-state index contributed by atoms with van der Waals surface area (Å²) in [6.45, 7) is 1.76. The Morgan fingerprint density at radius 2 is 1.69 bits per heavy atom. The summed E-state index contributed by atoms with van der Waals surface area (Å²) >= 11 is 6.73. The van der Waals surface area contributed by atoms with Crippen LogP contribution in [0.25, 0.3) is 0 Å². The third kappa shape index (κ3) is 4.64. The predicted molar refractivity (Wildman–Crippen MR) is 66.0 cm³/mol. The van der Waals surface area contributed by atoms with Crippen molar-refractivity contribution in [1.29, 1.82) is 0 Å². The highest BCUT2D eigenvalue weighted by Crippen LogP contribution is 2.24. The van der Waals surface area contributed by atoms with Gasteiger partial charge in [-0.15, -0.1) is 12.4 Å². The lowest BCUT2D eigenvalue weighted by Gasteiger charge is -1.97. The van der Waals surface area contributed by atoms with Gasteiger partial charge in [0.2, 0.25) is 0 Å². The van der Waals surface area contributed by atoms with Crippen molar-refractivity contribution in [1.82, 2.24) is 0 Å². The molecule has 0 radical (unpaired) electrons. The topological polar surface area (TPSA) is 38.4 Å². The van der Waals surface area contributed by atoms with Gasteiger partial charge in [0.05, 0.1) is 11.5 Å². The molecule has 0 aliphatic heterocycles. The number of nitrogens with two attached hydrogens (primary N) is 1. The van der Waals surface area contributed by atoms with E-state index in [0.717, 1.165) is 14.6 Å². The number of benzene rings is 1.